The van der Waals surface area contributed by atoms with Gasteiger partial charge in [0.05, 0.1) is 11.2 Å². The van der Waals surface area contributed by atoms with E-state index in [1.807, 2.05) is 30.6 Å². The molecular formula is C23H28BBrN2O2. The van der Waals surface area contributed by atoms with Gasteiger partial charge in [-0.05, 0) is 68.9 Å². The van der Waals surface area contributed by atoms with Crippen molar-refractivity contribution in [1.29, 1.82) is 0 Å². The first-order valence-corrected chi connectivity index (χ1v) is 10.2. The summed E-state index contributed by atoms with van der Waals surface area (Å²) in [7, 11) is -0.297. The molecule has 1 aliphatic heterocycles. The second-order valence-electron chi connectivity index (χ2n) is 8.05. The molecule has 0 saturated carbocycles. The van der Waals surface area contributed by atoms with Gasteiger partial charge in [0.25, 0.3) is 0 Å². The maximum atomic E-state index is 6.09. The second kappa shape index (κ2) is 8.02. The molecule has 0 unspecified atom stereocenters. The lowest BCUT2D eigenvalue weighted by Crippen LogP contribution is -2.41. The first-order chi connectivity index (χ1) is 13.3. The van der Waals surface area contributed by atoms with Crippen LogP contribution in [-0.2, 0) is 9.31 Å². The van der Waals surface area contributed by atoms with Crippen molar-refractivity contribution in [3.05, 3.63) is 65.4 Å². The second-order valence-corrected chi connectivity index (χ2v) is 8.91. The number of halogens is 1. The molecule has 2 N–H and O–H groups in total. The Morgan fingerprint density at radius 1 is 0.759 bits per heavy atom. The van der Waals surface area contributed by atoms with Crippen LogP contribution >= 0.6 is 15.9 Å². The Balaban J connectivity index is 0.000000186. The lowest BCUT2D eigenvalue weighted by Gasteiger charge is -2.32. The van der Waals surface area contributed by atoms with E-state index in [2.05, 4.69) is 83.9 Å². The summed E-state index contributed by atoms with van der Waals surface area (Å²) in [4.78, 5) is 6.34. The summed E-state index contributed by atoms with van der Waals surface area (Å²) in [6.07, 6.45) is 3.88. The number of aromatic amines is 2. The fraction of sp³-hybridized carbons (Fsp3) is 0.304. The summed E-state index contributed by atoms with van der Waals surface area (Å²) in [5.74, 6) is 0. The van der Waals surface area contributed by atoms with E-state index in [9.17, 15) is 0 Å². The van der Waals surface area contributed by atoms with E-state index in [0.717, 1.165) is 20.8 Å². The standard InChI is InChI=1S/C14H18BNO2.C8H6BrN.CH4/c1-13(2)14(3,4)18-15(17-13)11-6-5-7-12-10(11)8-9-16-12;9-7-2-1-3-8-6(7)4-5-10-8;/h5-9,16H,1-4H3;1-5,10H;1H4. The lowest BCUT2D eigenvalue weighted by molar-refractivity contribution is 0.00578. The van der Waals surface area contributed by atoms with E-state index in [-0.39, 0.29) is 25.7 Å². The van der Waals surface area contributed by atoms with Gasteiger partial charge in [-0.1, -0.05) is 41.6 Å². The van der Waals surface area contributed by atoms with Crippen LogP contribution in [-0.4, -0.2) is 28.3 Å². The van der Waals surface area contributed by atoms with Crippen LogP contribution in [0.3, 0.4) is 0 Å². The van der Waals surface area contributed by atoms with Crippen LogP contribution in [0.4, 0.5) is 0 Å². The predicted octanol–water partition coefficient (Wildman–Crippen LogP) is 6.03. The van der Waals surface area contributed by atoms with Crippen molar-refractivity contribution in [1.82, 2.24) is 9.97 Å². The highest BCUT2D eigenvalue weighted by Crippen LogP contribution is 2.36. The molecule has 3 heterocycles. The van der Waals surface area contributed by atoms with E-state index >= 15 is 0 Å². The van der Waals surface area contributed by atoms with Crippen LogP contribution in [0.2, 0.25) is 0 Å². The van der Waals surface area contributed by atoms with Crippen LogP contribution in [0.5, 0.6) is 0 Å². The Labute approximate surface area is 181 Å². The van der Waals surface area contributed by atoms with E-state index < -0.39 is 0 Å². The summed E-state index contributed by atoms with van der Waals surface area (Å²) in [6.45, 7) is 8.29. The summed E-state index contributed by atoms with van der Waals surface area (Å²) >= 11 is 3.46. The molecule has 0 spiro atoms. The molecule has 6 heteroatoms. The summed E-state index contributed by atoms with van der Waals surface area (Å²) in [6, 6.07) is 16.4. The molecule has 0 bridgehead atoms. The molecule has 1 fully saturated rings. The van der Waals surface area contributed by atoms with Crippen molar-refractivity contribution < 1.29 is 9.31 Å². The van der Waals surface area contributed by atoms with Crippen LogP contribution in [0.15, 0.2) is 65.4 Å². The first kappa shape index (κ1) is 21.7. The zero-order chi connectivity index (χ0) is 19.9. The Morgan fingerprint density at radius 3 is 1.86 bits per heavy atom. The number of aromatic nitrogens is 2. The molecular weight excluding hydrogens is 427 g/mol. The van der Waals surface area contributed by atoms with Gasteiger partial charge in [-0.3, -0.25) is 0 Å². The minimum absolute atomic E-state index is 0. The average Bonchev–Trinajstić information content (AvgIpc) is 3.34. The number of hydrogen-bond donors (Lipinski definition) is 2. The lowest BCUT2D eigenvalue weighted by atomic mass is 9.77. The summed E-state index contributed by atoms with van der Waals surface area (Å²) in [5, 5.41) is 2.40. The molecule has 5 rings (SSSR count). The van der Waals surface area contributed by atoms with Gasteiger partial charge in [0, 0.05) is 33.3 Å². The number of rotatable bonds is 1. The molecule has 1 aliphatic rings. The number of nitrogens with one attached hydrogen (secondary N) is 2. The van der Waals surface area contributed by atoms with Crippen molar-refractivity contribution in [3.63, 3.8) is 0 Å². The molecule has 2 aromatic heterocycles. The molecule has 0 amide bonds. The number of fused-ring (bicyclic) bond motifs is 2. The van der Waals surface area contributed by atoms with Crippen LogP contribution < -0.4 is 5.46 Å². The molecule has 152 valence electrons. The van der Waals surface area contributed by atoms with Crippen LogP contribution in [0.25, 0.3) is 21.8 Å². The minimum atomic E-state index is -0.297. The van der Waals surface area contributed by atoms with Crippen LogP contribution in [0.1, 0.15) is 35.1 Å². The van der Waals surface area contributed by atoms with E-state index in [1.54, 1.807) is 0 Å². The molecule has 0 aliphatic carbocycles. The third-order valence-electron chi connectivity index (χ3n) is 5.68. The molecule has 2 aromatic carbocycles. The quantitative estimate of drug-likeness (QED) is 0.344. The summed E-state index contributed by atoms with van der Waals surface area (Å²) < 4.78 is 13.3. The van der Waals surface area contributed by atoms with Gasteiger partial charge < -0.3 is 19.3 Å². The van der Waals surface area contributed by atoms with E-state index in [0.29, 0.717) is 0 Å². The van der Waals surface area contributed by atoms with E-state index in [4.69, 9.17) is 9.31 Å². The highest BCUT2D eigenvalue weighted by atomic mass is 79.9. The molecule has 4 aromatic rings. The third kappa shape index (κ3) is 4.02. The molecule has 0 atom stereocenters. The zero-order valence-electron chi connectivity index (χ0n) is 16.5. The monoisotopic (exact) mass is 454 g/mol. The Morgan fingerprint density at radius 2 is 1.28 bits per heavy atom. The topological polar surface area (TPSA) is 50.0 Å². The van der Waals surface area contributed by atoms with Crippen molar-refractivity contribution in [2.24, 2.45) is 0 Å². The smallest absolute Gasteiger partial charge is 0.399 e. The maximum absolute atomic E-state index is 6.09. The Kier molecular flexibility index (Phi) is 5.99. The zero-order valence-corrected chi connectivity index (χ0v) is 18.1. The fourth-order valence-corrected chi connectivity index (χ4v) is 3.83. The molecule has 4 nitrogen and oxygen atoms in total. The minimum Gasteiger partial charge on any atom is -0.399 e. The van der Waals surface area contributed by atoms with E-state index in [1.165, 1.54) is 10.9 Å². The number of hydrogen-bond acceptors (Lipinski definition) is 2. The Bertz CT molecular complexity index is 1100. The van der Waals surface area contributed by atoms with Gasteiger partial charge >= 0.3 is 7.12 Å². The summed E-state index contributed by atoms with van der Waals surface area (Å²) in [5.41, 5.74) is 2.79. The molecule has 0 radical (unpaired) electrons. The molecule has 29 heavy (non-hydrogen) atoms. The van der Waals surface area contributed by atoms with Gasteiger partial charge in [-0.25, -0.2) is 0 Å². The number of H-pyrrole nitrogens is 2. The highest BCUT2D eigenvalue weighted by molar-refractivity contribution is 9.10. The fourth-order valence-electron chi connectivity index (χ4n) is 3.33. The van der Waals surface area contributed by atoms with Gasteiger partial charge in [0.2, 0.25) is 0 Å². The maximum Gasteiger partial charge on any atom is 0.495 e. The van der Waals surface area contributed by atoms with Crippen LogP contribution in [0, 0.1) is 0 Å². The first-order valence-electron chi connectivity index (χ1n) is 9.42. The van der Waals surface area contributed by atoms with Gasteiger partial charge in [0.15, 0.2) is 0 Å². The Hall–Kier alpha value is -2.02. The SMILES string of the molecule is Brc1cccc2[nH]ccc12.C.CC1(C)OB(c2cccc3[nH]ccc23)OC1(C)C. The van der Waals surface area contributed by atoms with Crippen molar-refractivity contribution in [2.45, 2.75) is 46.3 Å². The molecule has 1 saturated heterocycles. The van der Waals surface area contributed by atoms with Crippen molar-refractivity contribution >= 4 is 50.3 Å². The van der Waals surface area contributed by atoms with Gasteiger partial charge in [-0.15, -0.1) is 0 Å². The van der Waals surface area contributed by atoms with Crippen molar-refractivity contribution in [2.75, 3.05) is 0 Å². The van der Waals surface area contributed by atoms with Crippen molar-refractivity contribution in [3.8, 4) is 0 Å². The normalized spacial score (nSPS) is 17.1. The van der Waals surface area contributed by atoms with Gasteiger partial charge in [0.1, 0.15) is 0 Å². The van der Waals surface area contributed by atoms with Gasteiger partial charge in [-0.2, -0.15) is 0 Å². The number of benzene rings is 2. The third-order valence-corrected chi connectivity index (χ3v) is 6.37. The predicted molar refractivity (Wildman–Crippen MR) is 127 cm³/mol. The highest BCUT2D eigenvalue weighted by Gasteiger charge is 2.52. The largest absolute Gasteiger partial charge is 0.495 e. The average molecular weight is 455 g/mol.